The van der Waals surface area contributed by atoms with Gasteiger partial charge in [0, 0.05) is 0 Å². The van der Waals surface area contributed by atoms with E-state index in [1.807, 2.05) is 0 Å². The summed E-state index contributed by atoms with van der Waals surface area (Å²) in [6, 6.07) is 3.75. The van der Waals surface area contributed by atoms with Gasteiger partial charge in [-0.2, -0.15) is 13.2 Å². The lowest BCUT2D eigenvalue weighted by molar-refractivity contribution is -0.156. The lowest BCUT2D eigenvalue weighted by Crippen LogP contribution is -2.26. The molecule has 4 nitrogen and oxygen atoms in total. The summed E-state index contributed by atoms with van der Waals surface area (Å²) in [6.45, 7) is 3.23. The maximum Gasteiger partial charge on any atom is 0.416 e. The van der Waals surface area contributed by atoms with E-state index in [0.717, 1.165) is 24.3 Å². The predicted octanol–water partition coefficient (Wildman–Crippen LogP) is 2.92. The van der Waals surface area contributed by atoms with Crippen molar-refractivity contribution in [3.05, 3.63) is 35.4 Å². The van der Waals surface area contributed by atoms with Crippen LogP contribution in [0.25, 0.3) is 0 Å². The van der Waals surface area contributed by atoms with Gasteiger partial charge in [-0.25, -0.2) is 0 Å². The van der Waals surface area contributed by atoms with Gasteiger partial charge in [-0.05, 0) is 31.5 Å². The van der Waals surface area contributed by atoms with Gasteiger partial charge >= 0.3 is 18.1 Å². The fourth-order valence-electron chi connectivity index (χ4n) is 1.68. The van der Waals surface area contributed by atoms with Crippen molar-refractivity contribution in [2.45, 2.75) is 25.9 Å². The number of ether oxygens (including phenoxy) is 2. The largest absolute Gasteiger partial charge is 0.465 e. The van der Waals surface area contributed by atoms with Crippen molar-refractivity contribution in [2.75, 3.05) is 13.2 Å². The number of halogens is 3. The molecule has 0 unspecified atom stereocenters. The van der Waals surface area contributed by atoms with Crippen LogP contribution in [0.3, 0.4) is 0 Å². The van der Waals surface area contributed by atoms with Gasteiger partial charge in [0.15, 0.2) is 5.92 Å². The number of hydrogen-bond acceptors (Lipinski definition) is 4. The third kappa shape index (κ3) is 4.47. The van der Waals surface area contributed by atoms with E-state index >= 15 is 0 Å². The van der Waals surface area contributed by atoms with Crippen LogP contribution in [-0.4, -0.2) is 25.2 Å². The van der Waals surface area contributed by atoms with Crippen molar-refractivity contribution < 1.29 is 32.2 Å². The van der Waals surface area contributed by atoms with Crippen LogP contribution in [-0.2, 0) is 25.2 Å². The Morgan fingerprint density at radius 2 is 1.43 bits per heavy atom. The molecule has 0 atom stereocenters. The normalized spacial score (nSPS) is 11.3. The van der Waals surface area contributed by atoms with Gasteiger partial charge in [0.1, 0.15) is 0 Å². The molecule has 0 saturated carbocycles. The Labute approximate surface area is 119 Å². The Morgan fingerprint density at radius 3 is 1.76 bits per heavy atom. The molecule has 116 valence electrons. The monoisotopic (exact) mass is 304 g/mol. The van der Waals surface area contributed by atoms with Crippen molar-refractivity contribution in [1.82, 2.24) is 0 Å². The molecule has 0 spiro atoms. The van der Waals surface area contributed by atoms with Crippen LogP contribution in [0.1, 0.15) is 30.9 Å². The summed E-state index contributed by atoms with van der Waals surface area (Å²) < 4.78 is 47.0. The first-order valence-corrected chi connectivity index (χ1v) is 6.31. The Balaban J connectivity index is 3.08. The van der Waals surface area contributed by atoms with Crippen molar-refractivity contribution in [3.8, 4) is 0 Å². The highest BCUT2D eigenvalue weighted by atomic mass is 19.4. The third-order valence-corrected chi connectivity index (χ3v) is 2.62. The van der Waals surface area contributed by atoms with Crippen LogP contribution in [0.5, 0.6) is 0 Å². The van der Waals surface area contributed by atoms with E-state index in [1.54, 1.807) is 13.8 Å². The Morgan fingerprint density at radius 1 is 1.00 bits per heavy atom. The van der Waals surface area contributed by atoms with Gasteiger partial charge < -0.3 is 9.47 Å². The molecule has 0 bridgehead atoms. The molecule has 1 aromatic carbocycles. The fraction of sp³-hybridized carbons (Fsp3) is 0.429. The van der Waals surface area contributed by atoms with Gasteiger partial charge in [-0.1, -0.05) is 12.1 Å². The SMILES string of the molecule is CCOC(=O)C(C(=O)OCC)c1ccc(C(F)(F)F)cc1. The first-order chi connectivity index (χ1) is 9.81. The van der Waals surface area contributed by atoms with Crippen LogP contribution < -0.4 is 0 Å². The zero-order valence-electron chi connectivity index (χ0n) is 11.6. The maximum atomic E-state index is 12.5. The molecule has 0 aliphatic heterocycles. The molecule has 0 saturated heterocycles. The average Bonchev–Trinajstić information content (AvgIpc) is 2.39. The molecule has 21 heavy (non-hydrogen) atoms. The van der Waals surface area contributed by atoms with Gasteiger partial charge in [0.25, 0.3) is 0 Å². The number of carbonyl (C=O) groups excluding carboxylic acids is 2. The van der Waals surface area contributed by atoms with E-state index in [0.29, 0.717) is 0 Å². The first kappa shape index (κ1) is 17.0. The number of esters is 2. The van der Waals surface area contributed by atoms with Crippen molar-refractivity contribution in [1.29, 1.82) is 0 Å². The molecule has 0 amide bonds. The molecule has 1 rings (SSSR count). The highest BCUT2D eigenvalue weighted by Crippen LogP contribution is 2.30. The summed E-state index contributed by atoms with van der Waals surface area (Å²) in [6.07, 6.45) is -4.48. The van der Waals surface area contributed by atoms with Crippen molar-refractivity contribution in [2.24, 2.45) is 0 Å². The molecule has 0 aliphatic carbocycles. The zero-order chi connectivity index (χ0) is 16.0. The first-order valence-electron chi connectivity index (χ1n) is 6.31. The summed E-state index contributed by atoms with van der Waals surface area (Å²) in [5.74, 6) is -3.08. The van der Waals surface area contributed by atoms with Crippen LogP contribution in [0.2, 0.25) is 0 Å². The minimum atomic E-state index is -4.48. The second kappa shape index (κ2) is 7.10. The Bertz CT molecular complexity index is 476. The number of benzene rings is 1. The number of hydrogen-bond donors (Lipinski definition) is 0. The molecule has 0 aliphatic rings. The van der Waals surface area contributed by atoms with Gasteiger partial charge in [0.2, 0.25) is 0 Å². The quantitative estimate of drug-likeness (QED) is 0.620. The van der Waals surface area contributed by atoms with Crippen LogP contribution in [0, 0.1) is 0 Å². The van der Waals surface area contributed by atoms with E-state index in [2.05, 4.69) is 0 Å². The Kier molecular flexibility index (Phi) is 5.75. The summed E-state index contributed by atoms with van der Waals surface area (Å²) in [5.41, 5.74) is -0.766. The lowest BCUT2D eigenvalue weighted by Gasteiger charge is -2.15. The van der Waals surface area contributed by atoms with Gasteiger partial charge in [-0.15, -0.1) is 0 Å². The van der Waals surface area contributed by atoms with E-state index in [-0.39, 0.29) is 18.8 Å². The summed E-state index contributed by atoms with van der Waals surface area (Å²) >= 11 is 0. The van der Waals surface area contributed by atoms with E-state index in [1.165, 1.54) is 0 Å². The third-order valence-electron chi connectivity index (χ3n) is 2.62. The van der Waals surface area contributed by atoms with E-state index in [9.17, 15) is 22.8 Å². The van der Waals surface area contributed by atoms with Crippen LogP contribution >= 0.6 is 0 Å². The average molecular weight is 304 g/mol. The second-order valence-corrected chi connectivity index (χ2v) is 4.06. The molecule has 0 fully saturated rings. The van der Waals surface area contributed by atoms with Gasteiger partial charge in [0.05, 0.1) is 18.8 Å². The second-order valence-electron chi connectivity index (χ2n) is 4.06. The summed E-state index contributed by atoms with van der Waals surface area (Å²) in [5, 5.41) is 0. The number of rotatable bonds is 5. The molecule has 7 heteroatoms. The topological polar surface area (TPSA) is 52.6 Å². The van der Waals surface area contributed by atoms with Crippen LogP contribution in [0.15, 0.2) is 24.3 Å². The summed E-state index contributed by atoms with van der Waals surface area (Å²) in [4.78, 5) is 23.6. The van der Waals surface area contributed by atoms with E-state index in [4.69, 9.17) is 9.47 Å². The minimum Gasteiger partial charge on any atom is -0.465 e. The molecular weight excluding hydrogens is 289 g/mol. The molecule has 1 aromatic rings. The fourth-order valence-corrected chi connectivity index (χ4v) is 1.68. The summed E-state index contributed by atoms with van der Waals surface area (Å²) in [7, 11) is 0. The predicted molar refractivity (Wildman–Crippen MR) is 67.5 cm³/mol. The zero-order valence-corrected chi connectivity index (χ0v) is 11.6. The maximum absolute atomic E-state index is 12.5. The van der Waals surface area contributed by atoms with Crippen molar-refractivity contribution >= 4 is 11.9 Å². The highest BCUT2D eigenvalue weighted by molar-refractivity contribution is 6.00. The number of alkyl halides is 3. The van der Waals surface area contributed by atoms with Crippen LogP contribution in [0.4, 0.5) is 13.2 Å². The molecule has 0 radical (unpaired) electrons. The molecule has 0 heterocycles. The smallest absolute Gasteiger partial charge is 0.416 e. The molecule has 0 aromatic heterocycles. The molecule has 0 N–H and O–H groups in total. The molecular formula is C14H15F3O4. The van der Waals surface area contributed by atoms with E-state index < -0.39 is 29.6 Å². The number of carbonyl (C=O) groups is 2. The Hall–Kier alpha value is -2.05. The standard InChI is InChI=1S/C14H15F3O4/c1-3-20-12(18)11(13(19)21-4-2)9-5-7-10(8-6-9)14(15,16)17/h5-8,11H,3-4H2,1-2H3. The van der Waals surface area contributed by atoms with Crippen molar-refractivity contribution in [3.63, 3.8) is 0 Å². The lowest BCUT2D eigenvalue weighted by atomic mass is 9.98. The minimum absolute atomic E-state index is 0.0510. The van der Waals surface area contributed by atoms with Gasteiger partial charge in [-0.3, -0.25) is 9.59 Å². The highest BCUT2D eigenvalue weighted by Gasteiger charge is 2.34.